The molecule has 2 aliphatic carbocycles. The predicted molar refractivity (Wildman–Crippen MR) is 262 cm³/mol. The number of unbranched alkanes of at least 4 members (excludes halogenated alkanes) is 1. The third-order valence-electron chi connectivity index (χ3n) is 12.4. The molecule has 60 heavy (non-hydrogen) atoms. The number of amidine groups is 1. The maximum absolute atomic E-state index is 5.16. The second-order valence-corrected chi connectivity index (χ2v) is 16.2. The second kappa shape index (κ2) is 23.3. The monoisotopic (exact) mass is 796 g/mol. The zero-order valence-corrected chi connectivity index (χ0v) is 37.3. The van der Waals surface area contributed by atoms with Crippen LogP contribution in [0.3, 0.4) is 0 Å². The summed E-state index contributed by atoms with van der Waals surface area (Å²) in [6, 6.07) is 29.6. The number of fused-ring (bicyclic) bond motifs is 1. The lowest BCUT2D eigenvalue weighted by atomic mass is 9.57. The van der Waals surface area contributed by atoms with Crippen LogP contribution in [-0.4, -0.2) is 18.7 Å². The standard InChI is InChI=1S/C57H69N3/c1-9-14-18-25-43(6)55(58-8)60-56(46(12-4)27-15-10-2)59-42-45-36-38-47(39-37-45)48-30-24-31-49(40-48)50-29-23-26-44(7)57(52(13-5)32-16-11-3,53-33-19-17-20-34-53)54-35-22-21-28-51(54)41-50/h9,12,14,16-26,28-29,31-40,44,48,52,55H,1,8,10-11,13,15,27,30,41-42H2,2-7H3,(H,59,60)/b18-14-,26-23-,32-16-,43-25+,46-12+,50-29+. The first kappa shape index (κ1) is 45.5. The van der Waals surface area contributed by atoms with Gasteiger partial charge in [0, 0.05) is 11.3 Å². The highest BCUT2D eigenvalue weighted by atomic mass is 15.1. The maximum Gasteiger partial charge on any atom is 0.141 e. The summed E-state index contributed by atoms with van der Waals surface area (Å²) in [6.45, 7) is 21.6. The molecule has 0 aliphatic heterocycles. The van der Waals surface area contributed by atoms with Gasteiger partial charge in [0.2, 0.25) is 0 Å². The fourth-order valence-corrected chi connectivity index (χ4v) is 9.06. The van der Waals surface area contributed by atoms with E-state index >= 15 is 0 Å². The zero-order valence-electron chi connectivity index (χ0n) is 37.3. The van der Waals surface area contributed by atoms with Crippen molar-refractivity contribution in [3.8, 4) is 0 Å². The number of benzene rings is 3. The fraction of sp³-hybridized carbons (Fsp3) is 0.333. The Morgan fingerprint density at radius 3 is 2.45 bits per heavy atom. The van der Waals surface area contributed by atoms with Gasteiger partial charge in [0.25, 0.3) is 0 Å². The average molecular weight is 796 g/mol. The molecule has 0 saturated heterocycles. The topological polar surface area (TPSA) is 36.8 Å². The summed E-state index contributed by atoms with van der Waals surface area (Å²) in [7, 11) is 0. The van der Waals surface area contributed by atoms with Crippen LogP contribution in [0.2, 0.25) is 0 Å². The third-order valence-corrected chi connectivity index (χ3v) is 12.4. The molecule has 1 N–H and O–H groups in total. The molecule has 0 saturated carbocycles. The smallest absolute Gasteiger partial charge is 0.141 e. The number of nitrogens with one attached hydrogen (secondary N) is 1. The van der Waals surface area contributed by atoms with E-state index in [9.17, 15) is 0 Å². The summed E-state index contributed by atoms with van der Waals surface area (Å²) in [6.07, 6.45) is 36.0. The van der Waals surface area contributed by atoms with Crippen molar-refractivity contribution in [2.75, 3.05) is 0 Å². The Labute approximate surface area is 363 Å². The molecule has 3 aromatic carbocycles. The van der Waals surface area contributed by atoms with E-state index in [2.05, 4.69) is 199 Å². The molecular formula is C57H69N3. The minimum Gasteiger partial charge on any atom is -0.345 e. The van der Waals surface area contributed by atoms with Crippen LogP contribution >= 0.6 is 0 Å². The molecular weight excluding hydrogens is 727 g/mol. The molecule has 2 aliphatic rings. The van der Waals surface area contributed by atoms with Crippen LogP contribution < -0.4 is 5.32 Å². The van der Waals surface area contributed by atoms with Crippen molar-refractivity contribution in [2.24, 2.45) is 21.8 Å². The number of rotatable bonds is 18. The Morgan fingerprint density at radius 1 is 0.983 bits per heavy atom. The molecule has 0 fully saturated rings. The lowest BCUT2D eigenvalue weighted by molar-refractivity contribution is 0.297. The average Bonchev–Trinajstić information content (AvgIpc) is 3.34. The quantitative estimate of drug-likeness (QED) is 0.0592. The first-order valence-electron chi connectivity index (χ1n) is 22.4. The van der Waals surface area contributed by atoms with Crippen molar-refractivity contribution in [1.82, 2.24) is 5.32 Å². The molecule has 312 valence electrons. The molecule has 0 amide bonds. The summed E-state index contributed by atoms with van der Waals surface area (Å²) in [5.74, 6) is 1.80. The van der Waals surface area contributed by atoms with Gasteiger partial charge in [-0.3, -0.25) is 9.98 Å². The van der Waals surface area contributed by atoms with Gasteiger partial charge >= 0.3 is 0 Å². The molecule has 5 unspecified atom stereocenters. The third kappa shape index (κ3) is 11.2. The van der Waals surface area contributed by atoms with Crippen LogP contribution in [0.4, 0.5) is 0 Å². The Morgan fingerprint density at radius 2 is 1.75 bits per heavy atom. The largest absolute Gasteiger partial charge is 0.345 e. The van der Waals surface area contributed by atoms with Crippen molar-refractivity contribution in [2.45, 2.75) is 111 Å². The van der Waals surface area contributed by atoms with Gasteiger partial charge in [-0.1, -0.05) is 199 Å². The molecule has 3 aromatic rings. The lowest BCUT2D eigenvalue weighted by Crippen LogP contribution is -2.42. The number of allylic oxidation sites excluding steroid dienone is 15. The van der Waals surface area contributed by atoms with E-state index < -0.39 is 0 Å². The second-order valence-electron chi connectivity index (χ2n) is 16.2. The van der Waals surface area contributed by atoms with E-state index in [0.717, 1.165) is 56.4 Å². The number of hydrogen-bond donors (Lipinski definition) is 1. The van der Waals surface area contributed by atoms with E-state index in [1.165, 1.54) is 44.5 Å². The maximum atomic E-state index is 5.16. The van der Waals surface area contributed by atoms with E-state index in [-0.39, 0.29) is 17.5 Å². The summed E-state index contributed by atoms with van der Waals surface area (Å²) in [5.41, 5.74) is 11.5. The van der Waals surface area contributed by atoms with Crippen LogP contribution in [0.1, 0.15) is 114 Å². The molecule has 0 heterocycles. The first-order chi connectivity index (χ1) is 29.3. The highest BCUT2D eigenvalue weighted by Gasteiger charge is 2.45. The molecule has 0 spiro atoms. The lowest BCUT2D eigenvalue weighted by Gasteiger charge is -2.45. The summed E-state index contributed by atoms with van der Waals surface area (Å²) in [4.78, 5) is 9.57. The van der Waals surface area contributed by atoms with Crippen LogP contribution in [0.15, 0.2) is 197 Å². The number of nitrogens with zero attached hydrogens (tertiary/aromatic N) is 2. The summed E-state index contributed by atoms with van der Waals surface area (Å²) < 4.78 is 0. The molecule has 5 rings (SSSR count). The van der Waals surface area contributed by atoms with E-state index in [4.69, 9.17) is 4.99 Å². The molecule has 0 bridgehead atoms. The van der Waals surface area contributed by atoms with Gasteiger partial charge in [-0.2, -0.15) is 0 Å². The van der Waals surface area contributed by atoms with Crippen LogP contribution in [0, 0.1) is 11.8 Å². The van der Waals surface area contributed by atoms with Gasteiger partial charge in [0.05, 0.1) is 6.54 Å². The van der Waals surface area contributed by atoms with Crippen molar-refractivity contribution >= 4 is 12.6 Å². The van der Waals surface area contributed by atoms with Gasteiger partial charge in [0.15, 0.2) is 0 Å². The van der Waals surface area contributed by atoms with Crippen molar-refractivity contribution in [3.63, 3.8) is 0 Å². The molecule has 3 heteroatoms. The number of aliphatic imine (C=N–C) groups is 2. The Bertz CT molecular complexity index is 2150. The molecule has 0 radical (unpaired) electrons. The Balaban J connectivity index is 1.43. The minimum atomic E-state index is -0.273. The summed E-state index contributed by atoms with van der Waals surface area (Å²) >= 11 is 0. The summed E-state index contributed by atoms with van der Waals surface area (Å²) in [5, 5.41) is 3.61. The van der Waals surface area contributed by atoms with Gasteiger partial charge in [-0.25, -0.2) is 0 Å². The molecule has 0 aromatic heterocycles. The van der Waals surface area contributed by atoms with Crippen LogP contribution in [0.5, 0.6) is 0 Å². The Hall–Kier alpha value is -5.54. The van der Waals surface area contributed by atoms with Gasteiger partial charge < -0.3 is 5.32 Å². The first-order valence-corrected chi connectivity index (χ1v) is 22.4. The Kier molecular flexibility index (Phi) is 17.7. The van der Waals surface area contributed by atoms with Crippen molar-refractivity contribution in [3.05, 3.63) is 215 Å². The van der Waals surface area contributed by atoms with E-state index in [1.54, 1.807) is 6.08 Å². The van der Waals surface area contributed by atoms with Gasteiger partial charge in [-0.05, 0) is 121 Å². The molecule has 5 atom stereocenters. The normalized spacial score (nSPS) is 22.5. The SMILES string of the molecule is C=C/C=C\C=C(/C)C(N=C)NC(=NCc1ccc(C2C=C(/C3=C/C=C\C(C)C(c4ccccc4)(C(/C=C\CC)CC)c4ccccc4C3)C=CC2)cc1)/C(=C/C)CCCC. The number of hydrogen-bond acceptors (Lipinski definition) is 2. The van der Waals surface area contributed by atoms with Crippen LogP contribution in [-0.2, 0) is 18.4 Å². The fourth-order valence-electron chi connectivity index (χ4n) is 9.06. The van der Waals surface area contributed by atoms with Crippen molar-refractivity contribution < 1.29 is 0 Å². The molecule has 3 nitrogen and oxygen atoms in total. The van der Waals surface area contributed by atoms with Gasteiger partial charge in [-0.15, -0.1) is 0 Å². The van der Waals surface area contributed by atoms with E-state index in [0.29, 0.717) is 18.4 Å². The predicted octanol–water partition coefficient (Wildman–Crippen LogP) is 14.6. The van der Waals surface area contributed by atoms with Crippen molar-refractivity contribution in [1.29, 1.82) is 0 Å². The van der Waals surface area contributed by atoms with Gasteiger partial charge in [0.1, 0.15) is 12.0 Å². The van der Waals surface area contributed by atoms with E-state index in [1.807, 2.05) is 18.2 Å². The highest BCUT2D eigenvalue weighted by molar-refractivity contribution is 5.98. The highest BCUT2D eigenvalue weighted by Crippen LogP contribution is 2.50. The minimum absolute atomic E-state index is 0.201. The zero-order chi connectivity index (χ0) is 42.7. The van der Waals surface area contributed by atoms with Crippen LogP contribution in [0.25, 0.3) is 0 Å².